The van der Waals surface area contributed by atoms with Gasteiger partial charge in [0.1, 0.15) is 16.7 Å². The van der Waals surface area contributed by atoms with Crippen molar-refractivity contribution in [3.05, 3.63) is 72.2 Å². The Hall–Kier alpha value is -2.60. The van der Waals surface area contributed by atoms with Gasteiger partial charge in [0.15, 0.2) is 0 Å². The Labute approximate surface area is 170 Å². The number of benzene rings is 1. The third-order valence-electron chi connectivity index (χ3n) is 4.90. The first-order valence-electron chi connectivity index (χ1n) is 9.67. The predicted octanol–water partition coefficient (Wildman–Crippen LogP) is 4.41. The largest absolute Gasteiger partial charge is 0.370 e. The molecule has 1 aromatic carbocycles. The normalized spacial score (nSPS) is 16.3. The van der Waals surface area contributed by atoms with E-state index in [9.17, 15) is 0 Å². The van der Waals surface area contributed by atoms with Gasteiger partial charge in [-0.1, -0.05) is 36.4 Å². The van der Waals surface area contributed by atoms with E-state index in [4.69, 9.17) is 4.98 Å². The van der Waals surface area contributed by atoms with E-state index in [1.807, 2.05) is 43.6 Å². The minimum absolute atomic E-state index is 0.588. The molecule has 0 saturated carbocycles. The number of nitrogens with zero attached hydrogens (tertiary/aromatic N) is 4. The molecule has 0 aliphatic carbocycles. The highest BCUT2D eigenvalue weighted by Gasteiger charge is 2.23. The third kappa shape index (κ3) is 5.01. The van der Waals surface area contributed by atoms with Crippen LogP contribution >= 0.6 is 11.8 Å². The molecule has 1 aliphatic heterocycles. The van der Waals surface area contributed by atoms with E-state index in [1.54, 1.807) is 11.8 Å². The Balaban J connectivity index is 1.31. The molecular weight excluding hydrogens is 366 g/mol. The number of anilines is 2. The molecule has 3 heterocycles. The Kier molecular flexibility index (Phi) is 6.07. The number of rotatable bonds is 7. The molecular formula is C22H25N5S. The number of aryl methyl sites for hydroxylation is 1. The SMILES string of the molecule is Cc1cccc(NCC2CCN(c3cncc(SCc4ccccc4)n3)C2)n1. The van der Waals surface area contributed by atoms with Gasteiger partial charge in [0.25, 0.3) is 0 Å². The van der Waals surface area contributed by atoms with Crippen molar-refractivity contribution >= 4 is 23.4 Å². The molecule has 0 radical (unpaired) electrons. The highest BCUT2D eigenvalue weighted by Crippen LogP contribution is 2.26. The molecule has 6 heteroatoms. The molecule has 1 aliphatic rings. The van der Waals surface area contributed by atoms with Gasteiger partial charge >= 0.3 is 0 Å². The van der Waals surface area contributed by atoms with Crippen LogP contribution in [0.25, 0.3) is 0 Å². The quantitative estimate of drug-likeness (QED) is 0.602. The van der Waals surface area contributed by atoms with Crippen LogP contribution in [0.15, 0.2) is 66.0 Å². The van der Waals surface area contributed by atoms with Gasteiger partial charge in [-0.2, -0.15) is 0 Å². The molecule has 1 saturated heterocycles. The van der Waals surface area contributed by atoms with Crippen LogP contribution in [0.5, 0.6) is 0 Å². The minimum Gasteiger partial charge on any atom is -0.370 e. The fraction of sp³-hybridized carbons (Fsp3) is 0.318. The molecule has 4 rings (SSSR count). The summed E-state index contributed by atoms with van der Waals surface area (Å²) in [6, 6.07) is 16.6. The lowest BCUT2D eigenvalue weighted by atomic mass is 10.1. The van der Waals surface area contributed by atoms with E-state index in [0.717, 1.165) is 54.2 Å². The number of nitrogens with one attached hydrogen (secondary N) is 1. The zero-order valence-corrected chi connectivity index (χ0v) is 16.9. The minimum atomic E-state index is 0.588. The molecule has 1 atom stereocenters. The first-order chi connectivity index (χ1) is 13.8. The smallest absolute Gasteiger partial charge is 0.148 e. The maximum atomic E-state index is 4.83. The number of pyridine rings is 1. The lowest BCUT2D eigenvalue weighted by molar-refractivity contribution is 0.620. The Morgan fingerprint density at radius 1 is 1.07 bits per heavy atom. The van der Waals surface area contributed by atoms with Gasteiger partial charge in [0, 0.05) is 31.1 Å². The van der Waals surface area contributed by atoms with E-state index in [0.29, 0.717) is 5.92 Å². The van der Waals surface area contributed by atoms with E-state index in [-0.39, 0.29) is 0 Å². The molecule has 1 N–H and O–H groups in total. The zero-order valence-electron chi connectivity index (χ0n) is 16.1. The first-order valence-corrected chi connectivity index (χ1v) is 10.7. The average Bonchev–Trinajstić information content (AvgIpc) is 3.21. The van der Waals surface area contributed by atoms with Crippen molar-refractivity contribution < 1.29 is 0 Å². The van der Waals surface area contributed by atoms with Crippen molar-refractivity contribution in [2.45, 2.75) is 24.1 Å². The predicted molar refractivity (Wildman–Crippen MR) is 116 cm³/mol. The van der Waals surface area contributed by atoms with Crippen LogP contribution in [0.2, 0.25) is 0 Å². The summed E-state index contributed by atoms with van der Waals surface area (Å²) in [5.41, 5.74) is 2.34. The fourth-order valence-corrected chi connectivity index (χ4v) is 4.19. The lowest BCUT2D eigenvalue weighted by Crippen LogP contribution is -2.23. The molecule has 0 spiro atoms. The highest BCUT2D eigenvalue weighted by molar-refractivity contribution is 7.98. The monoisotopic (exact) mass is 391 g/mol. The third-order valence-corrected chi connectivity index (χ3v) is 5.87. The van der Waals surface area contributed by atoms with E-state index in [1.165, 1.54) is 5.56 Å². The van der Waals surface area contributed by atoms with Crippen LogP contribution in [-0.4, -0.2) is 34.6 Å². The maximum Gasteiger partial charge on any atom is 0.148 e. The molecule has 3 aromatic rings. The number of aromatic nitrogens is 3. The van der Waals surface area contributed by atoms with Crippen molar-refractivity contribution in [3.63, 3.8) is 0 Å². The zero-order chi connectivity index (χ0) is 19.2. The highest BCUT2D eigenvalue weighted by atomic mass is 32.2. The Morgan fingerprint density at radius 3 is 2.82 bits per heavy atom. The second kappa shape index (κ2) is 9.06. The average molecular weight is 392 g/mol. The lowest BCUT2D eigenvalue weighted by Gasteiger charge is -2.18. The van der Waals surface area contributed by atoms with Gasteiger partial charge in [0.05, 0.1) is 12.4 Å². The molecule has 5 nitrogen and oxygen atoms in total. The van der Waals surface area contributed by atoms with E-state index in [2.05, 4.69) is 44.5 Å². The van der Waals surface area contributed by atoms with Gasteiger partial charge in [-0.3, -0.25) is 4.98 Å². The molecule has 2 aromatic heterocycles. The van der Waals surface area contributed by atoms with Crippen molar-refractivity contribution in [2.24, 2.45) is 5.92 Å². The summed E-state index contributed by atoms with van der Waals surface area (Å²) in [6.45, 7) is 4.97. The van der Waals surface area contributed by atoms with Gasteiger partial charge in [-0.25, -0.2) is 9.97 Å². The number of hydrogen-bond donors (Lipinski definition) is 1. The van der Waals surface area contributed by atoms with Crippen LogP contribution in [-0.2, 0) is 5.75 Å². The second-order valence-corrected chi connectivity index (χ2v) is 8.13. The molecule has 1 fully saturated rings. The van der Waals surface area contributed by atoms with E-state index >= 15 is 0 Å². The first kappa shape index (κ1) is 18.7. The van der Waals surface area contributed by atoms with Crippen LogP contribution in [0.3, 0.4) is 0 Å². The molecule has 1 unspecified atom stereocenters. The van der Waals surface area contributed by atoms with Crippen molar-refractivity contribution in [3.8, 4) is 0 Å². The summed E-state index contributed by atoms with van der Waals surface area (Å²) < 4.78 is 0. The van der Waals surface area contributed by atoms with Gasteiger partial charge < -0.3 is 10.2 Å². The van der Waals surface area contributed by atoms with Gasteiger partial charge in [0.2, 0.25) is 0 Å². The van der Waals surface area contributed by atoms with Crippen molar-refractivity contribution in [1.82, 2.24) is 15.0 Å². The molecule has 0 amide bonds. The Bertz CT molecular complexity index is 902. The fourth-order valence-electron chi connectivity index (χ4n) is 3.39. The summed E-state index contributed by atoms with van der Waals surface area (Å²) >= 11 is 1.74. The van der Waals surface area contributed by atoms with Crippen LogP contribution in [0.4, 0.5) is 11.6 Å². The summed E-state index contributed by atoms with van der Waals surface area (Å²) in [4.78, 5) is 16.1. The summed E-state index contributed by atoms with van der Waals surface area (Å²) in [5.74, 6) is 3.44. The van der Waals surface area contributed by atoms with Gasteiger partial charge in [-0.15, -0.1) is 11.8 Å². The van der Waals surface area contributed by atoms with Crippen molar-refractivity contribution in [2.75, 3.05) is 29.9 Å². The summed E-state index contributed by atoms with van der Waals surface area (Å²) in [7, 11) is 0. The van der Waals surface area contributed by atoms with Crippen LogP contribution in [0.1, 0.15) is 17.7 Å². The Morgan fingerprint density at radius 2 is 1.96 bits per heavy atom. The second-order valence-electron chi connectivity index (χ2n) is 7.14. The number of hydrogen-bond acceptors (Lipinski definition) is 6. The van der Waals surface area contributed by atoms with Crippen molar-refractivity contribution in [1.29, 1.82) is 0 Å². The summed E-state index contributed by atoms with van der Waals surface area (Å²) in [5, 5.41) is 4.45. The molecule has 0 bridgehead atoms. The molecule has 144 valence electrons. The molecule has 28 heavy (non-hydrogen) atoms. The topological polar surface area (TPSA) is 53.9 Å². The van der Waals surface area contributed by atoms with Crippen LogP contribution in [0, 0.1) is 12.8 Å². The van der Waals surface area contributed by atoms with Crippen LogP contribution < -0.4 is 10.2 Å². The standard InChI is InChI=1S/C22H25N5S/c1-17-6-5-9-20(25-17)24-12-19-10-11-27(15-19)21-13-23-14-22(26-21)28-16-18-7-3-2-4-8-18/h2-9,13-14,19H,10-12,15-16H2,1H3,(H,24,25). The summed E-state index contributed by atoms with van der Waals surface area (Å²) in [6.07, 6.45) is 4.89. The maximum absolute atomic E-state index is 4.83. The van der Waals surface area contributed by atoms with Gasteiger partial charge in [-0.05, 0) is 37.0 Å². The van der Waals surface area contributed by atoms with E-state index < -0.39 is 0 Å². The number of thioether (sulfide) groups is 1.